The fourth-order valence-corrected chi connectivity index (χ4v) is 2.68. The van der Waals surface area contributed by atoms with Gasteiger partial charge in [0, 0.05) is 34.1 Å². The SMILES string of the molecule is Clc1ccc(C2=NNC(c3ccncc3)=Nc3ccccc32)cc1. The summed E-state index contributed by atoms with van der Waals surface area (Å²) in [7, 11) is 0. The van der Waals surface area contributed by atoms with Crippen molar-refractivity contribution in [3.05, 3.63) is 94.8 Å². The topological polar surface area (TPSA) is 49.6 Å². The van der Waals surface area contributed by atoms with Crippen LogP contribution in [0.25, 0.3) is 0 Å². The van der Waals surface area contributed by atoms with Gasteiger partial charge in [0.05, 0.1) is 11.4 Å². The van der Waals surface area contributed by atoms with E-state index in [1.54, 1.807) is 12.4 Å². The second kappa shape index (κ2) is 6.26. The van der Waals surface area contributed by atoms with Crippen molar-refractivity contribution in [2.45, 2.75) is 0 Å². The molecule has 2 aromatic carbocycles. The minimum Gasteiger partial charge on any atom is -0.265 e. The van der Waals surface area contributed by atoms with Crippen molar-refractivity contribution >= 4 is 28.8 Å². The molecule has 1 aliphatic rings. The lowest BCUT2D eigenvalue weighted by atomic mass is 10.0. The van der Waals surface area contributed by atoms with Gasteiger partial charge in [-0.25, -0.2) is 4.99 Å². The van der Waals surface area contributed by atoms with Gasteiger partial charge >= 0.3 is 0 Å². The zero-order valence-corrected chi connectivity index (χ0v) is 13.4. The Morgan fingerprint density at radius 2 is 1.54 bits per heavy atom. The number of fused-ring (bicyclic) bond motifs is 1. The maximum Gasteiger partial charge on any atom is 0.154 e. The van der Waals surface area contributed by atoms with E-state index in [4.69, 9.17) is 16.6 Å². The van der Waals surface area contributed by atoms with E-state index in [0.29, 0.717) is 10.9 Å². The van der Waals surface area contributed by atoms with Crippen molar-refractivity contribution < 1.29 is 0 Å². The number of aromatic nitrogens is 1. The number of hydrogen-bond donors (Lipinski definition) is 1. The molecule has 0 atom stereocenters. The Labute approximate surface area is 144 Å². The third kappa shape index (κ3) is 2.79. The smallest absolute Gasteiger partial charge is 0.154 e. The molecule has 0 radical (unpaired) electrons. The summed E-state index contributed by atoms with van der Waals surface area (Å²) in [5, 5.41) is 5.29. The number of halogens is 1. The molecule has 5 heteroatoms. The van der Waals surface area contributed by atoms with Gasteiger partial charge in [0.1, 0.15) is 0 Å². The Balaban J connectivity index is 1.85. The van der Waals surface area contributed by atoms with Gasteiger partial charge in [-0.05, 0) is 30.3 Å². The minimum atomic E-state index is 0.689. The molecule has 4 nitrogen and oxygen atoms in total. The van der Waals surface area contributed by atoms with Gasteiger partial charge in [0.15, 0.2) is 5.84 Å². The first-order chi connectivity index (χ1) is 11.8. The summed E-state index contributed by atoms with van der Waals surface area (Å²) in [6.45, 7) is 0. The van der Waals surface area contributed by atoms with Gasteiger partial charge in [-0.15, -0.1) is 0 Å². The first-order valence-electron chi connectivity index (χ1n) is 7.49. The summed E-state index contributed by atoms with van der Waals surface area (Å²) in [4.78, 5) is 8.79. The lowest BCUT2D eigenvalue weighted by molar-refractivity contribution is 1.03. The van der Waals surface area contributed by atoms with Crippen molar-refractivity contribution in [3.63, 3.8) is 0 Å². The van der Waals surface area contributed by atoms with E-state index < -0.39 is 0 Å². The molecule has 1 aliphatic heterocycles. The Hall–Kier alpha value is -2.98. The van der Waals surface area contributed by atoms with Gasteiger partial charge in [-0.1, -0.05) is 41.9 Å². The average molecular weight is 333 g/mol. The number of pyridine rings is 1. The van der Waals surface area contributed by atoms with E-state index in [2.05, 4.69) is 15.5 Å². The molecule has 0 bridgehead atoms. The third-order valence-electron chi connectivity index (χ3n) is 3.74. The summed E-state index contributed by atoms with van der Waals surface area (Å²) in [5.41, 5.74) is 7.66. The first-order valence-corrected chi connectivity index (χ1v) is 7.87. The fraction of sp³-hybridized carbons (Fsp3) is 0. The van der Waals surface area contributed by atoms with E-state index in [1.165, 1.54) is 0 Å². The normalized spacial score (nSPS) is 13.2. The summed E-state index contributed by atoms with van der Waals surface area (Å²) in [5.74, 6) is 0.689. The lowest BCUT2D eigenvalue weighted by Gasteiger charge is -2.07. The molecule has 3 aromatic rings. The number of rotatable bonds is 2. The zero-order valence-electron chi connectivity index (χ0n) is 12.6. The first kappa shape index (κ1) is 14.6. The number of amidine groups is 1. The largest absolute Gasteiger partial charge is 0.265 e. The molecule has 0 amide bonds. The molecule has 24 heavy (non-hydrogen) atoms. The van der Waals surface area contributed by atoms with E-state index >= 15 is 0 Å². The number of hydrogen-bond acceptors (Lipinski definition) is 4. The van der Waals surface area contributed by atoms with Crippen LogP contribution in [0, 0.1) is 0 Å². The molecule has 4 rings (SSSR count). The number of benzene rings is 2. The van der Waals surface area contributed by atoms with Crippen molar-refractivity contribution in [3.8, 4) is 0 Å². The van der Waals surface area contributed by atoms with Crippen LogP contribution in [-0.2, 0) is 0 Å². The van der Waals surface area contributed by atoms with Crippen LogP contribution in [0.3, 0.4) is 0 Å². The zero-order chi connectivity index (χ0) is 16.4. The van der Waals surface area contributed by atoms with Crippen LogP contribution in [0.15, 0.2) is 83.2 Å². The molecule has 0 saturated heterocycles. The highest BCUT2D eigenvalue weighted by molar-refractivity contribution is 6.30. The Morgan fingerprint density at radius 1 is 0.792 bits per heavy atom. The maximum absolute atomic E-state index is 6.00. The van der Waals surface area contributed by atoms with Gasteiger partial charge in [-0.2, -0.15) is 5.10 Å². The quantitative estimate of drug-likeness (QED) is 0.765. The maximum atomic E-state index is 6.00. The van der Waals surface area contributed by atoms with E-state index in [1.807, 2.05) is 60.7 Å². The summed E-state index contributed by atoms with van der Waals surface area (Å²) in [6, 6.07) is 19.4. The molecule has 1 N–H and O–H groups in total. The Morgan fingerprint density at radius 3 is 2.33 bits per heavy atom. The van der Waals surface area contributed by atoms with Gasteiger partial charge in [-0.3, -0.25) is 10.4 Å². The standard InChI is InChI=1S/C19H13ClN4/c20-15-7-5-13(6-8-15)18-16-3-1-2-4-17(16)22-19(24-23-18)14-9-11-21-12-10-14/h1-12H,(H,22,24). The molecular weight excluding hydrogens is 320 g/mol. The van der Waals surface area contributed by atoms with E-state index in [-0.39, 0.29) is 0 Å². The molecule has 0 spiro atoms. The van der Waals surface area contributed by atoms with Crippen molar-refractivity contribution in [1.29, 1.82) is 0 Å². The number of nitrogens with one attached hydrogen (secondary N) is 1. The lowest BCUT2D eigenvalue weighted by Crippen LogP contribution is -2.19. The molecule has 0 saturated carbocycles. The van der Waals surface area contributed by atoms with E-state index in [9.17, 15) is 0 Å². The average Bonchev–Trinajstić information content (AvgIpc) is 2.83. The molecule has 0 fully saturated rings. The Bertz CT molecular complexity index is 931. The van der Waals surface area contributed by atoms with Crippen LogP contribution in [0.1, 0.15) is 16.7 Å². The van der Waals surface area contributed by atoms with Crippen molar-refractivity contribution in [2.75, 3.05) is 0 Å². The van der Waals surface area contributed by atoms with Crippen LogP contribution in [0.2, 0.25) is 5.02 Å². The van der Waals surface area contributed by atoms with Crippen molar-refractivity contribution in [2.24, 2.45) is 10.1 Å². The number of nitrogens with zero attached hydrogens (tertiary/aromatic N) is 3. The highest BCUT2D eigenvalue weighted by Crippen LogP contribution is 2.25. The van der Waals surface area contributed by atoms with Gasteiger partial charge in [0.25, 0.3) is 0 Å². The van der Waals surface area contributed by atoms with Gasteiger partial charge in [0.2, 0.25) is 0 Å². The fourth-order valence-electron chi connectivity index (χ4n) is 2.55. The molecule has 2 heterocycles. The number of aliphatic imine (C=N–C) groups is 1. The summed E-state index contributed by atoms with van der Waals surface area (Å²) >= 11 is 6.00. The second-order valence-corrected chi connectivity index (χ2v) is 5.73. The highest BCUT2D eigenvalue weighted by Gasteiger charge is 2.16. The van der Waals surface area contributed by atoms with Crippen LogP contribution in [-0.4, -0.2) is 16.5 Å². The molecule has 1 aromatic heterocycles. The molecule has 116 valence electrons. The van der Waals surface area contributed by atoms with Crippen LogP contribution >= 0.6 is 11.6 Å². The minimum absolute atomic E-state index is 0.689. The number of hydrazone groups is 1. The van der Waals surface area contributed by atoms with Crippen LogP contribution in [0.5, 0.6) is 0 Å². The Kier molecular flexibility index (Phi) is 3.81. The third-order valence-corrected chi connectivity index (χ3v) is 3.99. The molecule has 0 aliphatic carbocycles. The van der Waals surface area contributed by atoms with Gasteiger partial charge < -0.3 is 0 Å². The molecular formula is C19H13ClN4. The second-order valence-electron chi connectivity index (χ2n) is 5.29. The summed E-state index contributed by atoms with van der Waals surface area (Å²) < 4.78 is 0. The molecule has 0 unspecified atom stereocenters. The highest BCUT2D eigenvalue weighted by atomic mass is 35.5. The monoisotopic (exact) mass is 332 g/mol. The predicted molar refractivity (Wildman–Crippen MR) is 97.1 cm³/mol. The van der Waals surface area contributed by atoms with E-state index in [0.717, 1.165) is 28.1 Å². The summed E-state index contributed by atoms with van der Waals surface area (Å²) in [6.07, 6.45) is 3.47. The predicted octanol–water partition coefficient (Wildman–Crippen LogP) is 4.17. The number of para-hydroxylation sites is 1. The van der Waals surface area contributed by atoms with Crippen molar-refractivity contribution in [1.82, 2.24) is 10.4 Å². The van der Waals surface area contributed by atoms with Crippen LogP contribution < -0.4 is 5.43 Å². The van der Waals surface area contributed by atoms with Crippen LogP contribution in [0.4, 0.5) is 5.69 Å².